The average Bonchev–Trinajstić information content (AvgIpc) is 2.87. The van der Waals surface area contributed by atoms with Gasteiger partial charge in [0.2, 0.25) is 0 Å². The third kappa shape index (κ3) is 2.99. The number of unbranched alkanes of at least 4 members (excludes halogenated alkanes) is 1. The number of benzene rings is 2. The van der Waals surface area contributed by atoms with E-state index in [2.05, 4.69) is 4.98 Å². The van der Waals surface area contributed by atoms with E-state index in [9.17, 15) is 8.78 Å². The molecule has 0 spiro atoms. The summed E-state index contributed by atoms with van der Waals surface area (Å²) in [6.45, 7) is 2.63. The van der Waals surface area contributed by atoms with Gasteiger partial charge in [-0.3, -0.25) is 0 Å². The maximum absolute atomic E-state index is 14.2. The van der Waals surface area contributed by atoms with E-state index < -0.39 is 11.6 Å². The van der Waals surface area contributed by atoms with Gasteiger partial charge in [-0.15, -0.1) is 0 Å². The van der Waals surface area contributed by atoms with Gasteiger partial charge in [-0.05, 0) is 49.9 Å². The summed E-state index contributed by atoms with van der Waals surface area (Å²) < 4.78 is 27.8. The molecule has 0 bridgehead atoms. The van der Waals surface area contributed by atoms with Crippen molar-refractivity contribution < 1.29 is 8.78 Å². The molecule has 3 rings (SSSR count). The highest BCUT2D eigenvalue weighted by molar-refractivity contribution is 5.91. The van der Waals surface area contributed by atoms with Crippen LogP contribution in [-0.2, 0) is 6.42 Å². The van der Waals surface area contributed by atoms with Crippen molar-refractivity contribution in [1.82, 2.24) is 4.98 Å². The number of aryl methyl sites for hydroxylation is 2. The van der Waals surface area contributed by atoms with E-state index in [1.165, 1.54) is 6.07 Å². The van der Waals surface area contributed by atoms with Crippen LogP contribution in [0, 0.1) is 18.6 Å². The van der Waals surface area contributed by atoms with E-state index in [1.54, 1.807) is 0 Å². The van der Waals surface area contributed by atoms with Crippen LogP contribution in [0.25, 0.3) is 22.2 Å². The lowest BCUT2D eigenvalue weighted by atomic mass is 9.98. The van der Waals surface area contributed by atoms with E-state index >= 15 is 0 Å². The molecule has 0 atom stereocenters. The molecule has 0 unspecified atom stereocenters. The number of aromatic nitrogens is 1. The summed E-state index contributed by atoms with van der Waals surface area (Å²) in [7, 11) is 0. The van der Waals surface area contributed by atoms with Crippen LogP contribution in [0.3, 0.4) is 0 Å². The minimum absolute atomic E-state index is 0.368. The Kier molecular flexibility index (Phi) is 4.44. The Morgan fingerprint density at radius 3 is 2.61 bits per heavy atom. The highest BCUT2D eigenvalue weighted by Crippen LogP contribution is 2.34. The Morgan fingerprint density at radius 2 is 1.87 bits per heavy atom. The van der Waals surface area contributed by atoms with Crippen LogP contribution in [-0.4, -0.2) is 11.5 Å². The van der Waals surface area contributed by atoms with Crippen LogP contribution in [0.15, 0.2) is 36.4 Å². The molecule has 1 aromatic heterocycles. The van der Waals surface area contributed by atoms with Crippen molar-refractivity contribution in [1.29, 1.82) is 0 Å². The van der Waals surface area contributed by atoms with Crippen molar-refractivity contribution in [3.05, 3.63) is 59.2 Å². The Bertz CT molecular complexity index is 837. The molecule has 120 valence electrons. The molecule has 0 saturated carbocycles. The highest BCUT2D eigenvalue weighted by atomic mass is 19.1. The second kappa shape index (κ2) is 6.50. The predicted molar refractivity (Wildman–Crippen MR) is 90.4 cm³/mol. The van der Waals surface area contributed by atoms with Gasteiger partial charge in [0, 0.05) is 17.0 Å². The fraction of sp³-hybridized carbons (Fsp3) is 0.263. The smallest absolute Gasteiger partial charge is 0.150 e. The molecule has 3 aromatic rings. The molecule has 2 nitrogen and oxygen atoms in total. The standard InChI is InChI=1S/C19H20F2N2/c1-12-6-2-3-7-14(12)18-15(8-4-5-9-22)16-10-13(20)11-17(21)19(16)23-18/h2-3,6-7,10-11,23H,4-5,8-9,22H2,1H3. The summed E-state index contributed by atoms with van der Waals surface area (Å²) >= 11 is 0. The third-order valence-electron chi connectivity index (χ3n) is 4.23. The number of halogens is 2. The molecular formula is C19H20F2N2. The summed E-state index contributed by atoms with van der Waals surface area (Å²) in [5.41, 5.74) is 9.89. The quantitative estimate of drug-likeness (QED) is 0.658. The van der Waals surface area contributed by atoms with E-state index in [0.717, 1.165) is 47.7 Å². The molecule has 0 aliphatic carbocycles. The predicted octanol–water partition coefficient (Wildman–Crippen LogP) is 4.70. The first-order valence-corrected chi connectivity index (χ1v) is 7.87. The van der Waals surface area contributed by atoms with Gasteiger partial charge in [0.25, 0.3) is 0 Å². The van der Waals surface area contributed by atoms with E-state index in [-0.39, 0.29) is 0 Å². The van der Waals surface area contributed by atoms with Gasteiger partial charge in [0.1, 0.15) is 11.6 Å². The second-order valence-electron chi connectivity index (χ2n) is 5.85. The molecule has 0 radical (unpaired) electrons. The van der Waals surface area contributed by atoms with Gasteiger partial charge in [0.15, 0.2) is 0 Å². The van der Waals surface area contributed by atoms with Gasteiger partial charge in [-0.2, -0.15) is 0 Å². The third-order valence-corrected chi connectivity index (χ3v) is 4.23. The fourth-order valence-corrected chi connectivity index (χ4v) is 3.06. The summed E-state index contributed by atoms with van der Waals surface area (Å²) in [5.74, 6) is -1.11. The molecule has 3 N–H and O–H groups in total. The Labute approximate surface area is 134 Å². The first-order chi connectivity index (χ1) is 11.1. The highest BCUT2D eigenvalue weighted by Gasteiger charge is 2.17. The van der Waals surface area contributed by atoms with Crippen molar-refractivity contribution in [2.24, 2.45) is 5.73 Å². The van der Waals surface area contributed by atoms with E-state index in [4.69, 9.17) is 5.73 Å². The maximum Gasteiger partial charge on any atom is 0.150 e. The number of nitrogens with two attached hydrogens (primary N) is 1. The van der Waals surface area contributed by atoms with Crippen molar-refractivity contribution in [2.75, 3.05) is 6.54 Å². The molecule has 0 amide bonds. The molecule has 0 fully saturated rings. The van der Waals surface area contributed by atoms with Crippen molar-refractivity contribution in [3.8, 4) is 11.3 Å². The van der Waals surface area contributed by atoms with Gasteiger partial charge in [0.05, 0.1) is 11.2 Å². The van der Waals surface area contributed by atoms with Crippen LogP contribution >= 0.6 is 0 Å². The van der Waals surface area contributed by atoms with Gasteiger partial charge < -0.3 is 10.7 Å². The van der Waals surface area contributed by atoms with Gasteiger partial charge in [-0.25, -0.2) is 8.78 Å². The number of hydrogen-bond acceptors (Lipinski definition) is 1. The molecule has 1 heterocycles. The molecular weight excluding hydrogens is 294 g/mol. The van der Waals surface area contributed by atoms with Crippen molar-refractivity contribution in [2.45, 2.75) is 26.2 Å². The lowest BCUT2D eigenvalue weighted by molar-refractivity contribution is 0.591. The zero-order chi connectivity index (χ0) is 16.4. The first kappa shape index (κ1) is 15.7. The number of H-pyrrole nitrogens is 1. The first-order valence-electron chi connectivity index (χ1n) is 7.87. The van der Waals surface area contributed by atoms with Gasteiger partial charge in [-0.1, -0.05) is 24.3 Å². The SMILES string of the molecule is Cc1ccccc1-c1[nH]c2c(F)cc(F)cc2c1CCCCN. The molecule has 4 heteroatoms. The largest absolute Gasteiger partial charge is 0.352 e. The lowest BCUT2D eigenvalue weighted by Gasteiger charge is -2.08. The van der Waals surface area contributed by atoms with Gasteiger partial charge >= 0.3 is 0 Å². The lowest BCUT2D eigenvalue weighted by Crippen LogP contribution is -1.99. The molecule has 2 aromatic carbocycles. The monoisotopic (exact) mass is 314 g/mol. The number of fused-ring (bicyclic) bond motifs is 1. The zero-order valence-electron chi connectivity index (χ0n) is 13.1. The number of aromatic amines is 1. The molecule has 0 aliphatic rings. The fourth-order valence-electron chi connectivity index (χ4n) is 3.06. The van der Waals surface area contributed by atoms with Crippen LogP contribution < -0.4 is 5.73 Å². The van der Waals surface area contributed by atoms with Crippen molar-refractivity contribution >= 4 is 10.9 Å². The average molecular weight is 314 g/mol. The van der Waals surface area contributed by atoms with E-state index in [0.29, 0.717) is 17.4 Å². The summed E-state index contributed by atoms with van der Waals surface area (Å²) in [6, 6.07) is 10.3. The summed E-state index contributed by atoms with van der Waals surface area (Å²) in [6.07, 6.45) is 2.52. The molecule has 0 saturated heterocycles. The van der Waals surface area contributed by atoms with Crippen LogP contribution in [0.2, 0.25) is 0 Å². The van der Waals surface area contributed by atoms with Crippen LogP contribution in [0.1, 0.15) is 24.0 Å². The number of rotatable bonds is 5. The van der Waals surface area contributed by atoms with Crippen LogP contribution in [0.4, 0.5) is 8.78 Å². The van der Waals surface area contributed by atoms with E-state index in [1.807, 2.05) is 31.2 Å². The Hall–Kier alpha value is -2.20. The van der Waals surface area contributed by atoms with Crippen molar-refractivity contribution in [3.63, 3.8) is 0 Å². The Morgan fingerprint density at radius 1 is 1.09 bits per heavy atom. The minimum Gasteiger partial charge on any atom is -0.352 e. The summed E-state index contributed by atoms with van der Waals surface area (Å²) in [5, 5.41) is 0.623. The molecule has 23 heavy (non-hydrogen) atoms. The number of nitrogens with one attached hydrogen (secondary N) is 1. The van der Waals surface area contributed by atoms with Crippen LogP contribution in [0.5, 0.6) is 0 Å². The Balaban J connectivity index is 2.21. The maximum atomic E-state index is 14.2. The topological polar surface area (TPSA) is 41.8 Å². The molecule has 0 aliphatic heterocycles. The normalized spacial score (nSPS) is 11.3. The zero-order valence-corrected chi connectivity index (χ0v) is 13.1. The summed E-state index contributed by atoms with van der Waals surface area (Å²) in [4.78, 5) is 3.17. The second-order valence-corrected chi connectivity index (χ2v) is 5.85. The number of hydrogen-bond donors (Lipinski definition) is 2. The minimum atomic E-state index is -0.556.